The number of aliphatic imine (C=N–C) groups is 1. The van der Waals surface area contributed by atoms with E-state index in [0.717, 1.165) is 76.2 Å². The van der Waals surface area contributed by atoms with Crippen LogP contribution in [0.15, 0.2) is 23.2 Å². The zero-order valence-electron chi connectivity index (χ0n) is 20.2. The Morgan fingerprint density at radius 1 is 1.03 bits per heavy atom. The highest BCUT2D eigenvalue weighted by Crippen LogP contribution is 2.28. The third kappa shape index (κ3) is 9.35. The number of hydrogen-bond donors (Lipinski definition) is 2. The summed E-state index contributed by atoms with van der Waals surface area (Å²) in [7, 11) is 2.20. The maximum Gasteiger partial charge on any atom is 0.191 e. The molecule has 1 aromatic carbocycles. The zero-order chi connectivity index (χ0) is 22.5. The molecule has 0 spiro atoms. The SMILES string of the molecule is CCNC(=NCC(C)CN1CCN(C)CC1)NCCc1ccc(OCC)c(OCC)c1. The molecule has 1 aliphatic heterocycles. The molecule has 1 heterocycles. The van der Waals surface area contributed by atoms with E-state index in [0.29, 0.717) is 19.1 Å². The van der Waals surface area contributed by atoms with Crippen molar-refractivity contribution in [3.8, 4) is 11.5 Å². The fourth-order valence-corrected chi connectivity index (χ4v) is 3.69. The van der Waals surface area contributed by atoms with Crippen molar-refractivity contribution in [1.82, 2.24) is 20.4 Å². The van der Waals surface area contributed by atoms with Gasteiger partial charge in [0.05, 0.1) is 13.2 Å². The molecule has 0 amide bonds. The van der Waals surface area contributed by atoms with E-state index < -0.39 is 0 Å². The summed E-state index contributed by atoms with van der Waals surface area (Å²) in [4.78, 5) is 9.78. The van der Waals surface area contributed by atoms with Gasteiger partial charge in [-0.25, -0.2) is 0 Å². The molecule has 0 saturated carbocycles. The van der Waals surface area contributed by atoms with Crippen LogP contribution in [-0.2, 0) is 6.42 Å². The molecule has 0 radical (unpaired) electrons. The van der Waals surface area contributed by atoms with Crippen LogP contribution in [0.25, 0.3) is 0 Å². The first-order chi connectivity index (χ1) is 15.0. The van der Waals surface area contributed by atoms with Gasteiger partial charge >= 0.3 is 0 Å². The summed E-state index contributed by atoms with van der Waals surface area (Å²) in [6.45, 7) is 17.9. The third-order valence-corrected chi connectivity index (χ3v) is 5.38. The predicted molar refractivity (Wildman–Crippen MR) is 130 cm³/mol. The molecule has 1 aliphatic rings. The van der Waals surface area contributed by atoms with Gasteiger partial charge < -0.3 is 29.9 Å². The number of nitrogens with one attached hydrogen (secondary N) is 2. The van der Waals surface area contributed by atoms with Gasteiger partial charge in [-0.15, -0.1) is 0 Å². The van der Waals surface area contributed by atoms with Crippen LogP contribution in [0.5, 0.6) is 11.5 Å². The summed E-state index contributed by atoms with van der Waals surface area (Å²) in [6.07, 6.45) is 0.897. The maximum absolute atomic E-state index is 5.74. The summed E-state index contributed by atoms with van der Waals surface area (Å²) in [6, 6.07) is 6.19. The number of ether oxygens (including phenoxy) is 2. The standard InChI is InChI=1S/C24H43N5O2/c1-6-25-24(27-18-20(4)19-29-15-13-28(5)14-16-29)26-12-11-21-9-10-22(30-7-2)23(17-21)31-8-3/h9-10,17,20H,6-8,11-16,18-19H2,1-5H3,(H2,25,26,27). The third-order valence-electron chi connectivity index (χ3n) is 5.38. The highest BCUT2D eigenvalue weighted by molar-refractivity contribution is 5.79. The van der Waals surface area contributed by atoms with Crippen LogP contribution < -0.4 is 20.1 Å². The summed E-state index contributed by atoms with van der Waals surface area (Å²) in [5.41, 5.74) is 1.22. The quantitative estimate of drug-likeness (QED) is 0.390. The number of rotatable bonds is 12. The first kappa shape index (κ1) is 25.3. The number of benzene rings is 1. The molecule has 0 bridgehead atoms. The highest BCUT2D eigenvalue weighted by atomic mass is 16.5. The van der Waals surface area contributed by atoms with E-state index in [1.165, 1.54) is 5.56 Å². The monoisotopic (exact) mass is 433 g/mol. The van der Waals surface area contributed by atoms with Crippen molar-refractivity contribution in [3.63, 3.8) is 0 Å². The summed E-state index contributed by atoms with van der Waals surface area (Å²) < 4.78 is 11.4. The van der Waals surface area contributed by atoms with E-state index in [1.807, 2.05) is 19.9 Å². The Labute approximate surface area is 189 Å². The van der Waals surface area contributed by atoms with Gasteiger partial charge in [-0.1, -0.05) is 13.0 Å². The highest BCUT2D eigenvalue weighted by Gasteiger charge is 2.16. The number of nitrogens with zero attached hydrogens (tertiary/aromatic N) is 3. The lowest BCUT2D eigenvalue weighted by molar-refractivity contribution is 0.140. The average Bonchev–Trinajstić information content (AvgIpc) is 2.76. The number of likely N-dealkylation sites (N-methyl/N-ethyl adjacent to an activating group) is 1. The lowest BCUT2D eigenvalue weighted by Gasteiger charge is -2.33. The van der Waals surface area contributed by atoms with E-state index in [4.69, 9.17) is 14.5 Å². The van der Waals surface area contributed by atoms with E-state index in [9.17, 15) is 0 Å². The maximum atomic E-state index is 5.74. The van der Waals surface area contributed by atoms with E-state index in [1.54, 1.807) is 0 Å². The molecule has 7 nitrogen and oxygen atoms in total. The lowest BCUT2D eigenvalue weighted by Crippen LogP contribution is -2.46. The van der Waals surface area contributed by atoms with Crippen LogP contribution >= 0.6 is 0 Å². The van der Waals surface area contributed by atoms with Gasteiger partial charge in [-0.05, 0) is 57.9 Å². The Balaban J connectivity index is 1.82. The van der Waals surface area contributed by atoms with Gasteiger partial charge in [0.25, 0.3) is 0 Å². The molecule has 0 aromatic heterocycles. The van der Waals surface area contributed by atoms with Crippen molar-refractivity contribution in [2.24, 2.45) is 10.9 Å². The van der Waals surface area contributed by atoms with Crippen molar-refractivity contribution in [1.29, 1.82) is 0 Å². The second-order valence-electron chi connectivity index (χ2n) is 8.25. The molecule has 2 rings (SSSR count). The van der Waals surface area contributed by atoms with E-state index in [2.05, 4.69) is 53.5 Å². The van der Waals surface area contributed by atoms with Crippen LogP contribution in [-0.4, -0.2) is 88.4 Å². The molecule has 1 unspecified atom stereocenters. The normalized spacial score (nSPS) is 16.7. The molecule has 31 heavy (non-hydrogen) atoms. The molecule has 2 N–H and O–H groups in total. The van der Waals surface area contributed by atoms with E-state index >= 15 is 0 Å². The van der Waals surface area contributed by atoms with Crippen molar-refractivity contribution in [3.05, 3.63) is 23.8 Å². The minimum Gasteiger partial charge on any atom is -0.490 e. The molecule has 7 heteroatoms. The van der Waals surface area contributed by atoms with Gasteiger partial charge in [0, 0.05) is 52.4 Å². The molecule has 176 valence electrons. The molecule has 0 aliphatic carbocycles. The second-order valence-corrected chi connectivity index (χ2v) is 8.25. The summed E-state index contributed by atoms with van der Waals surface area (Å²) >= 11 is 0. The van der Waals surface area contributed by atoms with E-state index in [-0.39, 0.29) is 0 Å². The average molecular weight is 434 g/mol. The minimum atomic E-state index is 0.540. The molecular formula is C24H43N5O2. The van der Waals surface area contributed by atoms with Gasteiger partial charge in [0.15, 0.2) is 17.5 Å². The van der Waals surface area contributed by atoms with Crippen molar-refractivity contribution in [2.75, 3.05) is 72.6 Å². The number of guanidine groups is 1. The molecule has 1 saturated heterocycles. The van der Waals surface area contributed by atoms with Crippen LogP contribution in [0, 0.1) is 5.92 Å². The van der Waals surface area contributed by atoms with Gasteiger partial charge in [-0.3, -0.25) is 4.99 Å². The van der Waals surface area contributed by atoms with Crippen molar-refractivity contribution < 1.29 is 9.47 Å². The molecule has 1 atom stereocenters. The predicted octanol–water partition coefficient (Wildman–Crippen LogP) is 2.47. The fraction of sp³-hybridized carbons (Fsp3) is 0.708. The molecule has 1 fully saturated rings. The van der Waals surface area contributed by atoms with Crippen molar-refractivity contribution in [2.45, 2.75) is 34.1 Å². The van der Waals surface area contributed by atoms with Crippen LogP contribution in [0.4, 0.5) is 0 Å². The Kier molecular flexibility index (Phi) is 11.5. The summed E-state index contributed by atoms with van der Waals surface area (Å²) in [5.74, 6) is 3.06. The van der Waals surface area contributed by atoms with Gasteiger partial charge in [0.1, 0.15) is 0 Å². The summed E-state index contributed by atoms with van der Waals surface area (Å²) in [5, 5.41) is 6.84. The lowest BCUT2D eigenvalue weighted by atomic mass is 10.1. The number of hydrogen-bond acceptors (Lipinski definition) is 5. The smallest absolute Gasteiger partial charge is 0.191 e. The van der Waals surface area contributed by atoms with Gasteiger partial charge in [0.2, 0.25) is 0 Å². The van der Waals surface area contributed by atoms with Crippen LogP contribution in [0.3, 0.4) is 0 Å². The Hall–Kier alpha value is -1.99. The van der Waals surface area contributed by atoms with Crippen LogP contribution in [0.2, 0.25) is 0 Å². The Bertz CT molecular complexity index is 659. The van der Waals surface area contributed by atoms with Crippen molar-refractivity contribution >= 4 is 5.96 Å². The Morgan fingerprint density at radius 3 is 2.42 bits per heavy atom. The van der Waals surface area contributed by atoms with Gasteiger partial charge in [-0.2, -0.15) is 0 Å². The minimum absolute atomic E-state index is 0.540. The largest absolute Gasteiger partial charge is 0.490 e. The van der Waals surface area contributed by atoms with Crippen LogP contribution in [0.1, 0.15) is 33.3 Å². The number of piperazine rings is 1. The topological polar surface area (TPSA) is 61.4 Å². The first-order valence-electron chi connectivity index (χ1n) is 11.9. The Morgan fingerprint density at radius 2 is 1.74 bits per heavy atom. The zero-order valence-corrected chi connectivity index (χ0v) is 20.2. The first-order valence-corrected chi connectivity index (χ1v) is 11.9. The molecule has 1 aromatic rings. The fourth-order valence-electron chi connectivity index (χ4n) is 3.69. The molecular weight excluding hydrogens is 390 g/mol. The second kappa shape index (κ2) is 14.1.